The molecule has 2 rings (SSSR count). The van der Waals surface area contributed by atoms with Crippen LogP contribution in [-0.4, -0.2) is 16.1 Å². The molecule has 17 heavy (non-hydrogen) atoms. The summed E-state index contributed by atoms with van der Waals surface area (Å²) >= 11 is 5.83. The second-order valence-corrected chi connectivity index (χ2v) is 5.40. The van der Waals surface area contributed by atoms with Crippen LogP contribution in [0.15, 0.2) is 6.33 Å². The monoisotopic (exact) mass is 255 g/mol. The Morgan fingerprint density at radius 1 is 1.24 bits per heavy atom. The molecular formula is C12H18ClN3O. The number of halogens is 1. The maximum Gasteiger partial charge on any atom is 0.242 e. The number of rotatable bonds is 2. The van der Waals surface area contributed by atoms with Crippen molar-refractivity contribution in [2.75, 3.05) is 5.73 Å². The molecule has 0 saturated heterocycles. The third kappa shape index (κ3) is 3.00. The number of nitrogen functional groups attached to an aromatic ring is 1. The van der Waals surface area contributed by atoms with Crippen LogP contribution >= 0.6 is 11.6 Å². The number of anilines is 1. The Balaban J connectivity index is 2.07. The molecule has 0 aliphatic heterocycles. The van der Waals surface area contributed by atoms with E-state index in [0.717, 1.165) is 12.8 Å². The summed E-state index contributed by atoms with van der Waals surface area (Å²) in [5.41, 5.74) is 6.12. The lowest BCUT2D eigenvalue weighted by Crippen LogP contribution is -2.29. The molecule has 1 fully saturated rings. The second kappa shape index (κ2) is 5.08. The van der Waals surface area contributed by atoms with Crippen LogP contribution in [0.25, 0.3) is 0 Å². The summed E-state index contributed by atoms with van der Waals surface area (Å²) < 4.78 is 5.85. The molecule has 1 aromatic heterocycles. The van der Waals surface area contributed by atoms with Gasteiger partial charge >= 0.3 is 0 Å². The topological polar surface area (TPSA) is 61.0 Å². The average molecular weight is 256 g/mol. The largest absolute Gasteiger partial charge is 0.473 e. The van der Waals surface area contributed by atoms with Crippen LogP contribution in [0.2, 0.25) is 5.15 Å². The molecule has 0 bridgehead atoms. The van der Waals surface area contributed by atoms with Gasteiger partial charge < -0.3 is 10.5 Å². The summed E-state index contributed by atoms with van der Waals surface area (Å²) in [6.45, 7) is 4.50. The van der Waals surface area contributed by atoms with Gasteiger partial charge in [0.25, 0.3) is 0 Å². The molecule has 1 heterocycles. The first-order chi connectivity index (χ1) is 8.06. The normalized spacial score (nSPS) is 29.0. The third-order valence-corrected chi connectivity index (χ3v) is 3.51. The van der Waals surface area contributed by atoms with E-state index >= 15 is 0 Å². The van der Waals surface area contributed by atoms with Gasteiger partial charge in [-0.3, -0.25) is 0 Å². The van der Waals surface area contributed by atoms with Crippen LogP contribution in [-0.2, 0) is 0 Å². The van der Waals surface area contributed by atoms with Gasteiger partial charge in [-0.05, 0) is 31.1 Å². The predicted molar refractivity (Wildman–Crippen MR) is 68.0 cm³/mol. The van der Waals surface area contributed by atoms with E-state index in [1.807, 2.05) is 0 Å². The van der Waals surface area contributed by atoms with E-state index in [-0.39, 0.29) is 11.3 Å². The first-order valence-corrected chi connectivity index (χ1v) is 6.36. The van der Waals surface area contributed by atoms with Crippen molar-refractivity contribution in [3.63, 3.8) is 0 Å². The van der Waals surface area contributed by atoms with E-state index in [4.69, 9.17) is 22.1 Å². The summed E-state index contributed by atoms with van der Waals surface area (Å²) in [5.74, 6) is 1.78. The highest BCUT2D eigenvalue weighted by atomic mass is 35.5. The van der Waals surface area contributed by atoms with Crippen LogP contribution in [0.1, 0.15) is 33.1 Å². The molecule has 0 radical (unpaired) electrons. The van der Waals surface area contributed by atoms with Crippen LogP contribution in [0.4, 0.5) is 5.69 Å². The minimum atomic E-state index is 0.182. The Hall–Kier alpha value is -1.03. The lowest BCUT2D eigenvalue weighted by molar-refractivity contribution is 0.0973. The van der Waals surface area contributed by atoms with Crippen molar-refractivity contribution >= 4 is 17.3 Å². The Bertz CT molecular complexity index is 389. The minimum absolute atomic E-state index is 0.182. The van der Waals surface area contributed by atoms with Gasteiger partial charge in [0.2, 0.25) is 5.88 Å². The highest BCUT2D eigenvalue weighted by Crippen LogP contribution is 2.33. The van der Waals surface area contributed by atoms with Crippen molar-refractivity contribution in [2.45, 2.75) is 39.2 Å². The van der Waals surface area contributed by atoms with Crippen molar-refractivity contribution < 1.29 is 4.74 Å². The summed E-state index contributed by atoms with van der Waals surface area (Å²) in [5, 5.41) is 0.256. The molecule has 94 valence electrons. The van der Waals surface area contributed by atoms with E-state index in [9.17, 15) is 0 Å². The van der Waals surface area contributed by atoms with Gasteiger partial charge in [-0.1, -0.05) is 25.4 Å². The number of hydrogen-bond acceptors (Lipinski definition) is 4. The molecular weight excluding hydrogens is 238 g/mol. The summed E-state index contributed by atoms with van der Waals surface area (Å²) in [4.78, 5) is 7.85. The fourth-order valence-corrected chi connectivity index (χ4v) is 2.70. The lowest BCUT2D eigenvalue weighted by Gasteiger charge is -2.31. The molecule has 0 spiro atoms. The van der Waals surface area contributed by atoms with Crippen molar-refractivity contribution in [3.8, 4) is 5.88 Å². The fourth-order valence-electron chi connectivity index (χ4n) is 2.58. The molecule has 0 amide bonds. The van der Waals surface area contributed by atoms with Gasteiger partial charge in [0.05, 0.1) is 0 Å². The number of nitrogens with two attached hydrogens (primary N) is 1. The Morgan fingerprint density at radius 3 is 2.53 bits per heavy atom. The quantitative estimate of drug-likeness (QED) is 0.826. The highest BCUT2D eigenvalue weighted by Gasteiger charge is 2.26. The van der Waals surface area contributed by atoms with Gasteiger partial charge in [-0.25, -0.2) is 4.98 Å². The fraction of sp³-hybridized carbons (Fsp3) is 0.667. The third-order valence-electron chi connectivity index (χ3n) is 3.21. The van der Waals surface area contributed by atoms with E-state index in [1.165, 1.54) is 12.7 Å². The Morgan fingerprint density at radius 2 is 1.88 bits per heavy atom. The van der Waals surface area contributed by atoms with E-state index < -0.39 is 0 Å². The van der Waals surface area contributed by atoms with Crippen molar-refractivity contribution in [3.05, 3.63) is 11.5 Å². The molecule has 4 nitrogen and oxygen atoms in total. The van der Waals surface area contributed by atoms with Crippen LogP contribution < -0.4 is 10.5 Å². The zero-order valence-corrected chi connectivity index (χ0v) is 10.9. The number of aromatic nitrogens is 2. The maximum atomic E-state index is 5.85. The van der Waals surface area contributed by atoms with Gasteiger partial charge in [0, 0.05) is 0 Å². The van der Waals surface area contributed by atoms with Crippen molar-refractivity contribution in [1.82, 2.24) is 9.97 Å². The van der Waals surface area contributed by atoms with Gasteiger partial charge in [0.1, 0.15) is 18.1 Å². The van der Waals surface area contributed by atoms with E-state index in [1.54, 1.807) is 0 Å². The SMILES string of the molecule is CC1CC(C)CC(Oc2ncnc(Cl)c2N)C1. The van der Waals surface area contributed by atoms with Crippen molar-refractivity contribution in [2.24, 2.45) is 11.8 Å². The molecule has 2 unspecified atom stereocenters. The smallest absolute Gasteiger partial charge is 0.242 e. The minimum Gasteiger partial charge on any atom is -0.473 e. The van der Waals surface area contributed by atoms with Crippen LogP contribution in [0.3, 0.4) is 0 Å². The molecule has 1 saturated carbocycles. The summed E-state index contributed by atoms with van der Waals surface area (Å²) in [6, 6.07) is 0. The first-order valence-electron chi connectivity index (χ1n) is 5.99. The maximum absolute atomic E-state index is 5.85. The van der Waals surface area contributed by atoms with E-state index in [2.05, 4.69) is 23.8 Å². The van der Waals surface area contributed by atoms with Crippen LogP contribution in [0.5, 0.6) is 5.88 Å². The standard InChI is InChI=1S/C12H18ClN3O/c1-7-3-8(2)5-9(4-7)17-12-10(14)11(13)15-6-16-12/h6-9H,3-5,14H2,1-2H3. The van der Waals surface area contributed by atoms with Gasteiger partial charge in [-0.15, -0.1) is 0 Å². The molecule has 5 heteroatoms. The lowest BCUT2D eigenvalue weighted by atomic mass is 9.82. The molecule has 2 N–H and O–H groups in total. The van der Waals surface area contributed by atoms with Crippen LogP contribution in [0, 0.1) is 11.8 Å². The molecule has 1 aliphatic carbocycles. The van der Waals surface area contributed by atoms with E-state index in [0.29, 0.717) is 23.4 Å². The molecule has 1 aromatic rings. The van der Waals surface area contributed by atoms with Gasteiger partial charge in [-0.2, -0.15) is 4.98 Å². The Labute approximate surface area is 107 Å². The number of ether oxygens (including phenoxy) is 1. The summed E-state index contributed by atoms with van der Waals surface area (Å²) in [6.07, 6.45) is 4.92. The number of nitrogens with zero attached hydrogens (tertiary/aromatic N) is 2. The molecule has 2 atom stereocenters. The van der Waals surface area contributed by atoms with Gasteiger partial charge in [0.15, 0.2) is 5.15 Å². The molecule has 1 aliphatic rings. The number of hydrogen-bond donors (Lipinski definition) is 1. The second-order valence-electron chi connectivity index (χ2n) is 5.04. The zero-order valence-electron chi connectivity index (χ0n) is 10.2. The average Bonchev–Trinajstić information content (AvgIpc) is 2.23. The molecule has 0 aromatic carbocycles. The zero-order chi connectivity index (χ0) is 12.4. The summed E-state index contributed by atoms with van der Waals surface area (Å²) in [7, 11) is 0. The predicted octanol–water partition coefficient (Wildman–Crippen LogP) is 2.92. The first kappa shape index (κ1) is 12.4. The van der Waals surface area contributed by atoms with Crippen molar-refractivity contribution in [1.29, 1.82) is 0 Å². The highest BCUT2D eigenvalue weighted by molar-refractivity contribution is 6.32. The Kier molecular flexibility index (Phi) is 3.72.